The number of aryl methyl sites for hydroxylation is 1. The molecule has 14 heavy (non-hydrogen) atoms. The molecular weight excluding hydrogens is 262 g/mol. The zero-order chi connectivity index (χ0) is 10.1. The number of nitrogens with zero attached hydrogens (tertiary/aromatic N) is 3. The summed E-state index contributed by atoms with van der Waals surface area (Å²) in [5.74, 6) is 0. The average molecular weight is 272 g/mol. The predicted octanol–water partition coefficient (Wildman–Crippen LogP) is 2.78. The van der Waals surface area contributed by atoms with Crippen molar-refractivity contribution < 1.29 is 0 Å². The van der Waals surface area contributed by atoms with E-state index >= 15 is 0 Å². The van der Waals surface area contributed by atoms with E-state index < -0.39 is 0 Å². The second-order valence-corrected chi connectivity index (χ2v) is 4.53. The van der Waals surface area contributed by atoms with Crippen LogP contribution >= 0.6 is 27.7 Å². The Morgan fingerprint density at radius 3 is 3.00 bits per heavy atom. The molecule has 3 nitrogen and oxygen atoms in total. The van der Waals surface area contributed by atoms with Crippen LogP contribution in [-0.2, 0) is 6.42 Å². The van der Waals surface area contributed by atoms with E-state index in [1.54, 1.807) is 11.8 Å². The van der Waals surface area contributed by atoms with Gasteiger partial charge in [0.1, 0.15) is 4.60 Å². The Kier molecular flexibility index (Phi) is 2.78. The van der Waals surface area contributed by atoms with Crippen molar-refractivity contribution in [1.29, 1.82) is 0 Å². The third kappa shape index (κ3) is 1.54. The van der Waals surface area contributed by atoms with Gasteiger partial charge in [-0.1, -0.05) is 6.92 Å². The minimum atomic E-state index is 0.849. The molecular formula is C9H10BrN3S. The molecule has 0 aliphatic rings. The highest BCUT2D eigenvalue weighted by molar-refractivity contribution is 9.10. The van der Waals surface area contributed by atoms with Crippen molar-refractivity contribution in [2.45, 2.75) is 18.2 Å². The molecule has 74 valence electrons. The lowest BCUT2D eigenvalue weighted by Gasteiger charge is -2.02. The Balaban J connectivity index is 2.76. The summed E-state index contributed by atoms with van der Waals surface area (Å²) in [5.41, 5.74) is 2.08. The summed E-state index contributed by atoms with van der Waals surface area (Å²) >= 11 is 5.08. The molecule has 0 saturated heterocycles. The Bertz CT molecular complexity index is 466. The molecule has 0 fully saturated rings. The molecule has 2 heterocycles. The van der Waals surface area contributed by atoms with Crippen LogP contribution in [0.5, 0.6) is 0 Å². The van der Waals surface area contributed by atoms with Crippen molar-refractivity contribution in [2.24, 2.45) is 0 Å². The highest BCUT2D eigenvalue weighted by Crippen LogP contribution is 2.23. The molecule has 5 heteroatoms. The molecule has 0 N–H and O–H groups in total. The first-order chi connectivity index (χ1) is 6.76. The van der Waals surface area contributed by atoms with Crippen molar-refractivity contribution in [1.82, 2.24) is 14.6 Å². The summed E-state index contributed by atoms with van der Waals surface area (Å²) in [6, 6.07) is 1.99. The number of aromatic nitrogens is 3. The highest BCUT2D eigenvalue weighted by Gasteiger charge is 2.08. The Labute approximate surface area is 95.0 Å². The molecule has 0 amide bonds. The van der Waals surface area contributed by atoms with E-state index in [0.717, 1.165) is 27.3 Å². The summed E-state index contributed by atoms with van der Waals surface area (Å²) in [4.78, 5) is 5.51. The van der Waals surface area contributed by atoms with Crippen molar-refractivity contribution >= 4 is 33.3 Å². The van der Waals surface area contributed by atoms with Crippen LogP contribution < -0.4 is 0 Å². The summed E-state index contributed by atoms with van der Waals surface area (Å²) in [7, 11) is 0. The van der Waals surface area contributed by atoms with Gasteiger partial charge >= 0.3 is 0 Å². The molecule has 0 saturated carbocycles. The van der Waals surface area contributed by atoms with Gasteiger partial charge in [0.15, 0.2) is 5.65 Å². The molecule has 2 aromatic heterocycles. The number of hydrogen-bond donors (Lipinski definition) is 0. The lowest BCUT2D eigenvalue weighted by atomic mass is 10.4. The number of hydrogen-bond acceptors (Lipinski definition) is 3. The van der Waals surface area contributed by atoms with Gasteiger partial charge in [-0.15, -0.1) is 11.8 Å². The maximum Gasteiger partial charge on any atom is 0.167 e. The van der Waals surface area contributed by atoms with Crippen molar-refractivity contribution in [3.05, 3.63) is 22.6 Å². The van der Waals surface area contributed by atoms with Crippen LogP contribution in [-0.4, -0.2) is 20.9 Å². The second-order valence-electron chi connectivity index (χ2n) is 2.87. The third-order valence-corrected chi connectivity index (χ3v) is 3.18. The summed E-state index contributed by atoms with van der Waals surface area (Å²) in [6.45, 7) is 2.10. The SMILES string of the molecule is CCc1cnc2c(SC)cc(Br)nn12. The standard InChI is InChI=1S/C9H10BrN3S/c1-3-6-5-11-9-7(14-2)4-8(10)12-13(6)9/h4-5H,3H2,1-2H3. The maximum atomic E-state index is 4.37. The van der Waals surface area contributed by atoms with Crippen LogP contribution in [0.15, 0.2) is 21.8 Å². The van der Waals surface area contributed by atoms with Gasteiger partial charge in [-0.3, -0.25) is 0 Å². The Morgan fingerprint density at radius 1 is 1.57 bits per heavy atom. The van der Waals surface area contributed by atoms with Crippen molar-refractivity contribution in [3.63, 3.8) is 0 Å². The Hall–Kier alpha value is -0.550. The van der Waals surface area contributed by atoms with E-state index in [1.165, 1.54) is 0 Å². The number of imidazole rings is 1. The lowest BCUT2D eigenvalue weighted by Crippen LogP contribution is -1.97. The minimum Gasteiger partial charge on any atom is -0.234 e. The van der Waals surface area contributed by atoms with Gasteiger partial charge in [0.25, 0.3) is 0 Å². The normalized spacial score (nSPS) is 11.1. The largest absolute Gasteiger partial charge is 0.234 e. The van der Waals surface area contributed by atoms with E-state index in [2.05, 4.69) is 32.9 Å². The summed E-state index contributed by atoms with van der Waals surface area (Å²) in [5, 5.41) is 4.37. The average Bonchev–Trinajstić information content (AvgIpc) is 2.59. The lowest BCUT2D eigenvalue weighted by molar-refractivity contribution is 0.835. The quantitative estimate of drug-likeness (QED) is 0.787. The van der Waals surface area contributed by atoms with Crippen LogP contribution in [0.2, 0.25) is 0 Å². The summed E-state index contributed by atoms with van der Waals surface area (Å²) in [6.07, 6.45) is 4.87. The first-order valence-corrected chi connectivity index (χ1v) is 6.35. The number of fused-ring (bicyclic) bond motifs is 1. The third-order valence-electron chi connectivity index (χ3n) is 2.06. The zero-order valence-corrected chi connectivity index (χ0v) is 10.4. The monoisotopic (exact) mass is 271 g/mol. The number of halogens is 1. The molecule has 0 aromatic carbocycles. The molecule has 2 rings (SSSR count). The topological polar surface area (TPSA) is 30.2 Å². The van der Waals surface area contributed by atoms with Gasteiger partial charge in [0.05, 0.1) is 16.8 Å². The van der Waals surface area contributed by atoms with Crippen LogP contribution in [0.25, 0.3) is 5.65 Å². The van der Waals surface area contributed by atoms with Gasteiger partial charge in [-0.2, -0.15) is 5.10 Å². The summed E-state index contributed by atoms with van der Waals surface area (Å²) < 4.78 is 2.75. The molecule has 0 radical (unpaired) electrons. The van der Waals surface area contributed by atoms with Crippen molar-refractivity contribution in [2.75, 3.05) is 6.26 Å². The number of rotatable bonds is 2. The minimum absolute atomic E-state index is 0.849. The molecule has 0 aliphatic heterocycles. The van der Waals surface area contributed by atoms with E-state index in [4.69, 9.17) is 0 Å². The molecule has 0 spiro atoms. The molecule has 2 aromatic rings. The first-order valence-electron chi connectivity index (χ1n) is 4.33. The fourth-order valence-electron chi connectivity index (χ4n) is 1.35. The van der Waals surface area contributed by atoms with Crippen LogP contribution in [0.1, 0.15) is 12.6 Å². The molecule has 0 unspecified atom stereocenters. The van der Waals surface area contributed by atoms with E-state index in [0.29, 0.717) is 0 Å². The Morgan fingerprint density at radius 2 is 2.36 bits per heavy atom. The second kappa shape index (κ2) is 3.90. The maximum absolute atomic E-state index is 4.37. The fourth-order valence-corrected chi connectivity index (χ4v) is 2.44. The zero-order valence-electron chi connectivity index (χ0n) is 7.99. The van der Waals surface area contributed by atoms with Gasteiger partial charge < -0.3 is 0 Å². The number of thioether (sulfide) groups is 1. The van der Waals surface area contributed by atoms with Crippen LogP contribution in [0, 0.1) is 0 Å². The van der Waals surface area contributed by atoms with E-state index in [1.807, 2.05) is 23.0 Å². The van der Waals surface area contributed by atoms with Crippen molar-refractivity contribution in [3.8, 4) is 0 Å². The smallest absolute Gasteiger partial charge is 0.167 e. The van der Waals surface area contributed by atoms with Gasteiger partial charge in [0.2, 0.25) is 0 Å². The predicted molar refractivity (Wildman–Crippen MR) is 61.8 cm³/mol. The van der Waals surface area contributed by atoms with E-state index in [-0.39, 0.29) is 0 Å². The van der Waals surface area contributed by atoms with Gasteiger partial charge in [-0.25, -0.2) is 9.50 Å². The molecule has 0 aliphatic carbocycles. The van der Waals surface area contributed by atoms with Crippen LogP contribution in [0.3, 0.4) is 0 Å². The van der Waals surface area contributed by atoms with E-state index in [9.17, 15) is 0 Å². The van der Waals surface area contributed by atoms with Crippen LogP contribution in [0.4, 0.5) is 0 Å². The molecule has 0 atom stereocenters. The fraction of sp³-hybridized carbons (Fsp3) is 0.333. The van der Waals surface area contributed by atoms with Gasteiger partial charge in [-0.05, 0) is 34.7 Å². The molecule has 0 bridgehead atoms. The van der Waals surface area contributed by atoms with Gasteiger partial charge in [0, 0.05) is 0 Å². The highest BCUT2D eigenvalue weighted by atomic mass is 79.9. The first kappa shape index (κ1) is 9.98.